The largest absolute Gasteiger partial charge is 0.493 e. The summed E-state index contributed by atoms with van der Waals surface area (Å²) < 4.78 is 15.5. The Balaban J connectivity index is 1.87. The number of hydrogen-bond donors (Lipinski definition) is 1. The fraction of sp³-hybridized carbons (Fsp3) is 0.412. The topological polar surface area (TPSA) is 73.6 Å². The van der Waals surface area contributed by atoms with Gasteiger partial charge in [0.25, 0.3) is 0 Å². The number of amides is 1. The molecule has 0 radical (unpaired) electrons. The van der Waals surface area contributed by atoms with Gasteiger partial charge >= 0.3 is 0 Å². The zero-order valence-corrected chi connectivity index (χ0v) is 13.9. The van der Waals surface area contributed by atoms with E-state index in [-0.39, 0.29) is 5.91 Å². The summed E-state index contributed by atoms with van der Waals surface area (Å²) >= 11 is 0. The Morgan fingerprint density at radius 3 is 2.57 bits per heavy atom. The van der Waals surface area contributed by atoms with E-state index in [0.717, 1.165) is 22.6 Å². The van der Waals surface area contributed by atoms with Crippen LogP contribution in [-0.4, -0.2) is 25.3 Å². The zero-order valence-electron chi connectivity index (χ0n) is 13.9. The van der Waals surface area contributed by atoms with Gasteiger partial charge in [0.05, 0.1) is 19.9 Å². The number of methoxy groups -OCH3 is 2. The lowest BCUT2D eigenvalue weighted by molar-refractivity contribution is -0.121. The Hall–Kier alpha value is -2.50. The third-order valence-electron chi connectivity index (χ3n) is 3.72. The van der Waals surface area contributed by atoms with Crippen LogP contribution in [-0.2, 0) is 17.8 Å². The maximum Gasteiger partial charge on any atom is 0.220 e. The zero-order chi connectivity index (χ0) is 16.8. The second-order valence-electron chi connectivity index (χ2n) is 5.27. The van der Waals surface area contributed by atoms with Crippen molar-refractivity contribution in [2.75, 3.05) is 14.2 Å². The first-order valence-corrected chi connectivity index (χ1v) is 7.44. The van der Waals surface area contributed by atoms with Gasteiger partial charge in [-0.3, -0.25) is 4.79 Å². The molecule has 0 fully saturated rings. The summed E-state index contributed by atoms with van der Waals surface area (Å²) in [6.07, 6.45) is 1.02. The van der Waals surface area contributed by atoms with Gasteiger partial charge in [-0.2, -0.15) is 0 Å². The molecular formula is C17H22N2O4. The quantitative estimate of drug-likeness (QED) is 0.849. The molecule has 2 aromatic rings. The summed E-state index contributed by atoms with van der Waals surface area (Å²) in [5.74, 6) is 2.07. The molecule has 0 aliphatic carbocycles. The summed E-state index contributed by atoms with van der Waals surface area (Å²) in [5.41, 5.74) is 2.80. The molecule has 1 amide bonds. The highest BCUT2D eigenvalue weighted by atomic mass is 16.5. The van der Waals surface area contributed by atoms with Gasteiger partial charge in [0.15, 0.2) is 11.5 Å². The average Bonchev–Trinajstić information content (AvgIpc) is 2.89. The van der Waals surface area contributed by atoms with Crippen LogP contribution >= 0.6 is 0 Å². The van der Waals surface area contributed by atoms with Crippen LogP contribution in [0.15, 0.2) is 22.7 Å². The number of hydrogen-bond acceptors (Lipinski definition) is 5. The van der Waals surface area contributed by atoms with E-state index in [1.54, 1.807) is 14.2 Å². The molecule has 1 heterocycles. The monoisotopic (exact) mass is 318 g/mol. The Labute approximate surface area is 135 Å². The molecule has 124 valence electrons. The molecule has 6 heteroatoms. The van der Waals surface area contributed by atoms with E-state index in [1.165, 1.54) is 0 Å². The predicted octanol–water partition coefficient (Wildman–Crippen LogP) is 2.56. The normalized spacial score (nSPS) is 10.4. The third-order valence-corrected chi connectivity index (χ3v) is 3.72. The molecule has 0 saturated carbocycles. The number of carbonyl (C=O) groups excluding carboxylic acids is 1. The van der Waals surface area contributed by atoms with Gasteiger partial charge in [0.2, 0.25) is 5.91 Å². The second-order valence-corrected chi connectivity index (χ2v) is 5.27. The molecule has 0 unspecified atom stereocenters. The number of benzene rings is 1. The molecule has 0 bridgehead atoms. The van der Waals surface area contributed by atoms with Gasteiger partial charge in [0.1, 0.15) is 5.76 Å². The van der Waals surface area contributed by atoms with Crippen molar-refractivity contribution >= 4 is 5.91 Å². The van der Waals surface area contributed by atoms with Crippen LogP contribution in [0.25, 0.3) is 0 Å². The van der Waals surface area contributed by atoms with Gasteiger partial charge in [-0.05, 0) is 38.0 Å². The Kier molecular flexibility index (Phi) is 5.62. The van der Waals surface area contributed by atoms with Crippen LogP contribution in [0.4, 0.5) is 0 Å². The SMILES string of the molecule is COc1ccc(CNC(=O)CCc2c(C)noc2C)cc1OC. The van der Waals surface area contributed by atoms with E-state index in [0.29, 0.717) is 30.9 Å². The maximum absolute atomic E-state index is 12.0. The number of nitrogens with one attached hydrogen (secondary N) is 1. The van der Waals surface area contributed by atoms with E-state index < -0.39 is 0 Å². The van der Waals surface area contributed by atoms with E-state index in [9.17, 15) is 4.79 Å². The molecule has 6 nitrogen and oxygen atoms in total. The minimum atomic E-state index is -0.0141. The highest BCUT2D eigenvalue weighted by molar-refractivity contribution is 5.76. The lowest BCUT2D eigenvalue weighted by Crippen LogP contribution is -2.23. The molecule has 1 aromatic carbocycles. The molecule has 23 heavy (non-hydrogen) atoms. The number of aromatic nitrogens is 1. The summed E-state index contributed by atoms with van der Waals surface area (Å²) in [6.45, 7) is 4.19. The fourth-order valence-electron chi connectivity index (χ4n) is 2.38. The minimum absolute atomic E-state index is 0.0141. The van der Waals surface area contributed by atoms with E-state index >= 15 is 0 Å². The number of rotatable bonds is 7. The predicted molar refractivity (Wildman–Crippen MR) is 85.7 cm³/mol. The second kappa shape index (κ2) is 7.67. The molecule has 0 atom stereocenters. The summed E-state index contributed by atoms with van der Waals surface area (Å²) in [5, 5.41) is 6.79. The maximum atomic E-state index is 12.0. The first kappa shape index (κ1) is 16.9. The van der Waals surface area contributed by atoms with Gasteiger partial charge in [-0.15, -0.1) is 0 Å². The van der Waals surface area contributed by atoms with Crippen LogP contribution in [0, 0.1) is 13.8 Å². The summed E-state index contributed by atoms with van der Waals surface area (Å²) in [6, 6.07) is 5.58. The minimum Gasteiger partial charge on any atom is -0.493 e. The summed E-state index contributed by atoms with van der Waals surface area (Å²) in [4.78, 5) is 12.0. The van der Waals surface area contributed by atoms with Crippen LogP contribution in [0.5, 0.6) is 11.5 Å². The molecular weight excluding hydrogens is 296 g/mol. The van der Waals surface area contributed by atoms with Crippen molar-refractivity contribution in [1.29, 1.82) is 0 Å². The molecule has 0 saturated heterocycles. The van der Waals surface area contributed by atoms with Crippen LogP contribution in [0.3, 0.4) is 0 Å². The van der Waals surface area contributed by atoms with E-state index in [2.05, 4.69) is 10.5 Å². The number of carbonyl (C=O) groups is 1. The number of nitrogens with zero attached hydrogens (tertiary/aromatic N) is 1. The highest BCUT2D eigenvalue weighted by Crippen LogP contribution is 2.27. The van der Waals surface area contributed by atoms with Crippen molar-refractivity contribution < 1.29 is 18.8 Å². The summed E-state index contributed by atoms with van der Waals surface area (Å²) in [7, 11) is 3.18. The Morgan fingerprint density at radius 2 is 1.96 bits per heavy atom. The van der Waals surface area contributed by atoms with Gasteiger partial charge in [0, 0.05) is 18.5 Å². The molecule has 1 N–H and O–H groups in total. The van der Waals surface area contributed by atoms with Crippen LogP contribution in [0.2, 0.25) is 0 Å². The first-order chi connectivity index (χ1) is 11.0. The van der Waals surface area contributed by atoms with Crippen molar-refractivity contribution in [1.82, 2.24) is 10.5 Å². The van der Waals surface area contributed by atoms with Gasteiger partial charge in [-0.1, -0.05) is 11.2 Å². The Bertz CT molecular complexity index is 660. The van der Waals surface area contributed by atoms with Gasteiger partial charge < -0.3 is 19.3 Å². The van der Waals surface area contributed by atoms with E-state index in [1.807, 2.05) is 32.0 Å². The number of ether oxygens (including phenoxy) is 2. The highest BCUT2D eigenvalue weighted by Gasteiger charge is 2.11. The first-order valence-electron chi connectivity index (χ1n) is 7.44. The van der Waals surface area contributed by atoms with Crippen molar-refractivity contribution in [3.63, 3.8) is 0 Å². The molecule has 1 aromatic heterocycles. The molecule has 0 aliphatic heterocycles. The molecule has 0 spiro atoms. The number of aryl methyl sites for hydroxylation is 2. The van der Waals surface area contributed by atoms with Crippen molar-refractivity contribution in [3.8, 4) is 11.5 Å². The van der Waals surface area contributed by atoms with E-state index in [4.69, 9.17) is 14.0 Å². The molecule has 2 rings (SSSR count). The van der Waals surface area contributed by atoms with Crippen LogP contribution < -0.4 is 14.8 Å². The van der Waals surface area contributed by atoms with Crippen LogP contribution in [0.1, 0.15) is 29.0 Å². The smallest absolute Gasteiger partial charge is 0.220 e. The van der Waals surface area contributed by atoms with Crippen molar-refractivity contribution in [2.45, 2.75) is 33.2 Å². The van der Waals surface area contributed by atoms with Crippen molar-refractivity contribution in [3.05, 3.63) is 40.8 Å². The third kappa shape index (κ3) is 4.25. The fourth-order valence-corrected chi connectivity index (χ4v) is 2.38. The lowest BCUT2D eigenvalue weighted by Gasteiger charge is -2.10. The average molecular weight is 318 g/mol. The lowest BCUT2D eigenvalue weighted by atomic mass is 10.1. The molecule has 0 aliphatic rings. The van der Waals surface area contributed by atoms with Crippen molar-refractivity contribution in [2.24, 2.45) is 0 Å². The Morgan fingerprint density at radius 1 is 1.22 bits per heavy atom. The van der Waals surface area contributed by atoms with Gasteiger partial charge in [-0.25, -0.2) is 0 Å². The standard InChI is InChI=1S/C17H22N2O4/c1-11-14(12(2)23-19-11)6-8-17(20)18-10-13-5-7-15(21-3)16(9-13)22-4/h5,7,9H,6,8,10H2,1-4H3,(H,18,20).